The molecule has 43 heavy (non-hydrogen) atoms. The molecule has 11 heteroatoms. The van der Waals surface area contributed by atoms with Crippen LogP contribution in [-0.4, -0.2) is 34.2 Å². The van der Waals surface area contributed by atoms with E-state index in [4.69, 9.17) is 14.2 Å². The molecule has 0 bridgehead atoms. The molecule has 226 valence electrons. The quantitative estimate of drug-likeness (QED) is 0.197. The van der Waals surface area contributed by atoms with E-state index in [2.05, 4.69) is 17.3 Å². The molecule has 1 aliphatic carbocycles. The number of amides is 1. The summed E-state index contributed by atoms with van der Waals surface area (Å²) >= 11 is 0. The molecule has 0 saturated heterocycles. The summed E-state index contributed by atoms with van der Waals surface area (Å²) in [5.41, 5.74) is -0.882. The van der Waals surface area contributed by atoms with Crippen LogP contribution in [0.2, 0.25) is 0 Å². The summed E-state index contributed by atoms with van der Waals surface area (Å²) in [5, 5.41) is 2.52. The summed E-state index contributed by atoms with van der Waals surface area (Å²) in [4.78, 5) is 50.4. The number of hydrogen-bond donors (Lipinski definition) is 1. The third-order valence-corrected chi connectivity index (χ3v) is 6.45. The second kappa shape index (κ2) is 13.5. The second-order valence-electron chi connectivity index (χ2n) is 11.2. The minimum absolute atomic E-state index is 0.0165. The van der Waals surface area contributed by atoms with E-state index in [1.165, 1.54) is 6.20 Å². The van der Waals surface area contributed by atoms with E-state index in [0.29, 0.717) is 0 Å². The minimum Gasteiger partial charge on any atom is -0.460 e. The highest BCUT2D eigenvalue weighted by Crippen LogP contribution is 2.37. The summed E-state index contributed by atoms with van der Waals surface area (Å²) in [6, 6.07) is 10.1. The maximum absolute atomic E-state index is 13.9. The molecule has 0 unspecified atom stereocenters. The second-order valence-corrected chi connectivity index (χ2v) is 11.2. The number of carbonyl (C=O) groups is 3. The van der Waals surface area contributed by atoms with Crippen LogP contribution >= 0.6 is 0 Å². The molecule has 1 heterocycles. The molecule has 1 amide bonds. The SMILES string of the molecule is CC(C)(C)OC(=O)CC[C@@H](CC#COC(=O)c1cn(C2CC2)c2cc(F)c(F)cc2c1=O)NC(=O)OCc1ccccc1. The van der Waals surface area contributed by atoms with Crippen LogP contribution < -0.4 is 10.7 Å². The van der Waals surface area contributed by atoms with Gasteiger partial charge in [-0.3, -0.25) is 9.59 Å². The maximum atomic E-state index is 13.9. The first-order valence-corrected chi connectivity index (χ1v) is 13.8. The van der Waals surface area contributed by atoms with Crippen molar-refractivity contribution in [2.75, 3.05) is 0 Å². The Bertz CT molecular complexity index is 1630. The van der Waals surface area contributed by atoms with E-state index in [9.17, 15) is 28.0 Å². The molecule has 1 saturated carbocycles. The first kappa shape index (κ1) is 31.2. The van der Waals surface area contributed by atoms with Crippen LogP contribution in [0, 0.1) is 23.7 Å². The van der Waals surface area contributed by atoms with E-state index < -0.39 is 46.7 Å². The van der Waals surface area contributed by atoms with Gasteiger partial charge in [0, 0.05) is 42.6 Å². The lowest BCUT2D eigenvalue weighted by Gasteiger charge is -2.21. The number of halogens is 2. The lowest BCUT2D eigenvalue weighted by atomic mass is 10.1. The Morgan fingerprint density at radius 2 is 1.79 bits per heavy atom. The Balaban J connectivity index is 1.43. The van der Waals surface area contributed by atoms with E-state index >= 15 is 0 Å². The summed E-state index contributed by atoms with van der Waals surface area (Å²) in [6.45, 7) is 5.26. The average molecular weight is 595 g/mol. The molecule has 0 spiro atoms. The van der Waals surface area contributed by atoms with Crippen LogP contribution in [0.25, 0.3) is 10.9 Å². The lowest BCUT2D eigenvalue weighted by Crippen LogP contribution is -2.36. The smallest absolute Gasteiger partial charge is 0.407 e. The maximum Gasteiger partial charge on any atom is 0.407 e. The Morgan fingerprint density at radius 1 is 1.09 bits per heavy atom. The molecule has 0 radical (unpaired) electrons. The van der Waals surface area contributed by atoms with Crippen LogP contribution in [0.1, 0.15) is 74.8 Å². The Hall–Kier alpha value is -4.72. The van der Waals surface area contributed by atoms with Gasteiger partial charge in [0.05, 0.1) is 5.52 Å². The molecule has 1 N–H and O–H groups in total. The van der Waals surface area contributed by atoms with Gasteiger partial charge in [-0.05, 0) is 51.7 Å². The lowest BCUT2D eigenvalue weighted by molar-refractivity contribution is -0.155. The van der Waals surface area contributed by atoms with Crippen molar-refractivity contribution in [3.05, 3.63) is 81.6 Å². The average Bonchev–Trinajstić information content (AvgIpc) is 3.79. The molecule has 2 aromatic carbocycles. The number of fused-ring (bicyclic) bond motifs is 1. The number of alkyl carbamates (subject to hydrolysis) is 1. The number of carbonyl (C=O) groups excluding carboxylic acids is 3. The monoisotopic (exact) mass is 594 g/mol. The molecule has 1 fully saturated rings. The Morgan fingerprint density at radius 3 is 2.47 bits per heavy atom. The van der Waals surface area contributed by atoms with E-state index in [-0.39, 0.29) is 48.4 Å². The number of benzene rings is 2. The normalized spacial score (nSPS) is 13.4. The topological polar surface area (TPSA) is 113 Å². The Labute approximate surface area is 247 Å². The number of nitrogens with zero attached hydrogens (tertiary/aromatic N) is 1. The number of nitrogens with one attached hydrogen (secondary N) is 1. The molecular weight excluding hydrogens is 562 g/mol. The number of hydrogen-bond acceptors (Lipinski definition) is 7. The van der Waals surface area contributed by atoms with Crippen molar-refractivity contribution in [3.8, 4) is 12.0 Å². The van der Waals surface area contributed by atoms with Crippen molar-refractivity contribution in [1.82, 2.24) is 9.88 Å². The molecule has 3 aromatic rings. The fraction of sp³-hybridized carbons (Fsp3) is 0.375. The zero-order valence-electron chi connectivity index (χ0n) is 24.1. The van der Waals surface area contributed by atoms with Crippen LogP contribution in [0.5, 0.6) is 0 Å². The first-order valence-electron chi connectivity index (χ1n) is 13.8. The van der Waals surface area contributed by atoms with Crippen molar-refractivity contribution in [2.24, 2.45) is 0 Å². The summed E-state index contributed by atoms with van der Waals surface area (Å²) < 4.78 is 45.0. The van der Waals surface area contributed by atoms with Crippen LogP contribution in [0.15, 0.2) is 53.5 Å². The predicted octanol–water partition coefficient (Wildman–Crippen LogP) is 5.54. The van der Waals surface area contributed by atoms with Crippen LogP contribution in [0.3, 0.4) is 0 Å². The van der Waals surface area contributed by atoms with Crippen molar-refractivity contribution >= 4 is 28.9 Å². The molecule has 9 nitrogen and oxygen atoms in total. The zero-order chi connectivity index (χ0) is 31.1. The van der Waals surface area contributed by atoms with Gasteiger partial charge in [-0.2, -0.15) is 0 Å². The Kier molecular flexibility index (Phi) is 9.80. The van der Waals surface area contributed by atoms with Crippen molar-refractivity contribution in [1.29, 1.82) is 0 Å². The van der Waals surface area contributed by atoms with Gasteiger partial charge in [-0.15, -0.1) is 0 Å². The number of rotatable bonds is 9. The van der Waals surface area contributed by atoms with Gasteiger partial charge in [-0.25, -0.2) is 18.4 Å². The molecule has 4 rings (SSSR count). The highest BCUT2D eigenvalue weighted by molar-refractivity contribution is 5.94. The summed E-state index contributed by atoms with van der Waals surface area (Å²) in [5.74, 6) is -1.19. The zero-order valence-corrected chi connectivity index (χ0v) is 24.1. The fourth-order valence-electron chi connectivity index (χ4n) is 4.29. The molecular formula is C32H32F2N2O7. The highest BCUT2D eigenvalue weighted by Gasteiger charge is 2.28. The van der Waals surface area contributed by atoms with Crippen LogP contribution in [0.4, 0.5) is 13.6 Å². The number of aromatic nitrogens is 1. The summed E-state index contributed by atoms with van der Waals surface area (Å²) in [6.07, 6.45) is 4.44. The first-order chi connectivity index (χ1) is 20.4. The molecule has 1 atom stereocenters. The van der Waals surface area contributed by atoms with Gasteiger partial charge in [0.25, 0.3) is 0 Å². The third-order valence-electron chi connectivity index (χ3n) is 6.45. The third kappa shape index (κ3) is 8.88. The van der Waals surface area contributed by atoms with E-state index in [1.54, 1.807) is 37.5 Å². The van der Waals surface area contributed by atoms with Gasteiger partial charge in [-0.1, -0.05) is 36.3 Å². The molecule has 1 aromatic heterocycles. The molecule has 1 aliphatic rings. The van der Waals surface area contributed by atoms with Gasteiger partial charge in [0.1, 0.15) is 23.9 Å². The fourth-order valence-corrected chi connectivity index (χ4v) is 4.29. The van der Waals surface area contributed by atoms with Crippen molar-refractivity contribution in [2.45, 2.75) is 77.2 Å². The predicted molar refractivity (Wildman–Crippen MR) is 153 cm³/mol. The number of ether oxygens (including phenoxy) is 3. The van der Waals surface area contributed by atoms with Gasteiger partial charge < -0.3 is 24.1 Å². The van der Waals surface area contributed by atoms with E-state index in [1.807, 2.05) is 18.2 Å². The minimum atomic E-state index is -1.20. The van der Waals surface area contributed by atoms with Gasteiger partial charge in [0.15, 0.2) is 11.6 Å². The number of pyridine rings is 1. The summed E-state index contributed by atoms with van der Waals surface area (Å²) in [7, 11) is 0. The van der Waals surface area contributed by atoms with Crippen molar-refractivity contribution in [3.63, 3.8) is 0 Å². The largest absolute Gasteiger partial charge is 0.460 e. The molecule has 0 aliphatic heterocycles. The standard InChI is InChI=1S/C32H32F2N2O7/c1-32(2,3)43-28(37)14-11-21(35-31(40)42-19-20-8-5-4-6-9-20)10-7-15-41-30(39)24-18-36(22-12-13-22)27-17-26(34)25(33)16-23(27)29(24)38/h4-6,8-9,16-18,21-22H,10-14,19H2,1-3H3,(H,35,40)/t21-/m1/s1. The van der Waals surface area contributed by atoms with Gasteiger partial charge in [0.2, 0.25) is 5.43 Å². The number of esters is 2. The van der Waals surface area contributed by atoms with Crippen molar-refractivity contribution < 1.29 is 37.4 Å². The highest BCUT2D eigenvalue weighted by atomic mass is 19.2. The van der Waals surface area contributed by atoms with Crippen LogP contribution in [-0.2, 0) is 25.6 Å². The van der Waals surface area contributed by atoms with Gasteiger partial charge >= 0.3 is 18.0 Å². The van der Waals surface area contributed by atoms with E-state index in [0.717, 1.165) is 30.5 Å².